The minimum absolute atomic E-state index is 0.459. The molecule has 2 rings (SSSR count). The Morgan fingerprint density at radius 2 is 1.80 bits per heavy atom. The second kappa shape index (κ2) is 6.37. The highest BCUT2D eigenvalue weighted by molar-refractivity contribution is 5.74. The highest BCUT2D eigenvalue weighted by atomic mass is 16.5. The standard InChI is InChI=1S/C16H23NO3/c1-11-8-12(2)14(13(3)9-11)10-15(16(18)19)17-4-6-20-7-5-17/h8-9,15H,4-7,10H2,1-3H3,(H,18,19). The number of rotatable bonds is 4. The number of hydrogen-bond acceptors (Lipinski definition) is 3. The fourth-order valence-corrected chi connectivity index (χ4v) is 2.99. The lowest BCUT2D eigenvalue weighted by atomic mass is 9.93. The predicted octanol–water partition coefficient (Wildman–Crippen LogP) is 1.94. The first kappa shape index (κ1) is 15.0. The van der Waals surface area contributed by atoms with Gasteiger partial charge < -0.3 is 9.84 Å². The molecule has 1 saturated heterocycles. The fourth-order valence-electron chi connectivity index (χ4n) is 2.99. The molecule has 4 nitrogen and oxygen atoms in total. The summed E-state index contributed by atoms with van der Waals surface area (Å²) in [6.45, 7) is 8.83. The monoisotopic (exact) mass is 277 g/mol. The maximum absolute atomic E-state index is 11.6. The molecule has 1 aromatic carbocycles. The van der Waals surface area contributed by atoms with Crippen molar-refractivity contribution in [1.82, 2.24) is 4.90 Å². The average Bonchev–Trinajstić information content (AvgIpc) is 2.38. The Labute approximate surface area is 120 Å². The number of aliphatic carboxylic acids is 1. The van der Waals surface area contributed by atoms with E-state index in [4.69, 9.17) is 4.74 Å². The smallest absolute Gasteiger partial charge is 0.321 e. The molecule has 20 heavy (non-hydrogen) atoms. The zero-order valence-corrected chi connectivity index (χ0v) is 12.5. The summed E-state index contributed by atoms with van der Waals surface area (Å²) in [7, 11) is 0. The van der Waals surface area contributed by atoms with Crippen LogP contribution in [0, 0.1) is 20.8 Å². The number of carboxylic acid groups (broad SMARTS) is 1. The maximum Gasteiger partial charge on any atom is 0.321 e. The van der Waals surface area contributed by atoms with Crippen LogP contribution in [0.1, 0.15) is 22.3 Å². The van der Waals surface area contributed by atoms with Gasteiger partial charge in [-0.3, -0.25) is 9.69 Å². The molecule has 1 heterocycles. The molecule has 1 unspecified atom stereocenters. The Kier molecular flexibility index (Phi) is 4.78. The minimum atomic E-state index is -0.744. The van der Waals surface area contributed by atoms with E-state index >= 15 is 0 Å². The number of hydrogen-bond donors (Lipinski definition) is 1. The summed E-state index contributed by atoms with van der Waals surface area (Å²) in [6.07, 6.45) is 0.563. The maximum atomic E-state index is 11.6. The van der Waals surface area contributed by atoms with Crippen LogP contribution >= 0.6 is 0 Å². The van der Waals surface area contributed by atoms with Crippen LogP contribution < -0.4 is 0 Å². The van der Waals surface area contributed by atoms with Crippen LogP contribution in [0.2, 0.25) is 0 Å². The molecule has 1 fully saturated rings. The van der Waals surface area contributed by atoms with Crippen LogP contribution in [0.3, 0.4) is 0 Å². The first-order valence-corrected chi connectivity index (χ1v) is 7.10. The number of nitrogens with zero attached hydrogens (tertiary/aromatic N) is 1. The van der Waals surface area contributed by atoms with Gasteiger partial charge in [0.1, 0.15) is 6.04 Å². The second-order valence-electron chi connectivity index (χ2n) is 5.58. The van der Waals surface area contributed by atoms with Crippen LogP contribution in [-0.4, -0.2) is 48.3 Å². The van der Waals surface area contributed by atoms with Gasteiger partial charge >= 0.3 is 5.97 Å². The summed E-state index contributed by atoms with van der Waals surface area (Å²) >= 11 is 0. The van der Waals surface area contributed by atoms with E-state index in [1.165, 1.54) is 16.7 Å². The molecule has 0 amide bonds. The molecule has 0 saturated carbocycles. The molecule has 0 spiro atoms. The highest BCUT2D eigenvalue weighted by Crippen LogP contribution is 2.20. The van der Waals surface area contributed by atoms with E-state index in [9.17, 15) is 9.90 Å². The van der Waals surface area contributed by atoms with Gasteiger partial charge in [-0.1, -0.05) is 17.7 Å². The van der Waals surface area contributed by atoms with Crippen molar-refractivity contribution >= 4 is 5.97 Å². The van der Waals surface area contributed by atoms with Gasteiger partial charge in [0.05, 0.1) is 13.2 Å². The lowest BCUT2D eigenvalue weighted by molar-refractivity contribution is -0.145. The zero-order valence-electron chi connectivity index (χ0n) is 12.5. The number of benzene rings is 1. The normalized spacial score (nSPS) is 17.9. The van der Waals surface area contributed by atoms with Gasteiger partial charge in [-0.15, -0.1) is 0 Å². The first-order chi connectivity index (χ1) is 9.49. The molecule has 1 aliphatic heterocycles. The molecule has 4 heteroatoms. The summed E-state index contributed by atoms with van der Waals surface area (Å²) in [4.78, 5) is 13.6. The van der Waals surface area contributed by atoms with Crippen LogP contribution in [0.15, 0.2) is 12.1 Å². The molecular weight excluding hydrogens is 254 g/mol. The lowest BCUT2D eigenvalue weighted by Gasteiger charge is -2.32. The quantitative estimate of drug-likeness (QED) is 0.914. The highest BCUT2D eigenvalue weighted by Gasteiger charge is 2.28. The van der Waals surface area contributed by atoms with Gasteiger partial charge in [0.15, 0.2) is 0 Å². The molecule has 0 aromatic heterocycles. The van der Waals surface area contributed by atoms with Crippen LogP contribution in [0.5, 0.6) is 0 Å². The molecule has 1 aliphatic rings. The third kappa shape index (κ3) is 3.38. The van der Waals surface area contributed by atoms with E-state index in [0.717, 1.165) is 5.56 Å². The lowest BCUT2D eigenvalue weighted by Crippen LogP contribution is -2.48. The second-order valence-corrected chi connectivity index (χ2v) is 5.58. The molecular formula is C16H23NO3. The predicted molar refractivity (Wildman–Crippen MR) is 78.2 cm³/mol. The van der Waals surface area contributed by atoms with Gasteiger partial charge in [-0.25, -0.2) is 0 Å². The fraction of sp³-hybridized carbons (Fsp3) is 0.562. The third-order valence-electron chi connectivity index (χ3n) is 4.01. The van der Waals surface area contributed by atoms with E-state index in [-0.39, 0.29) is 0 Å². The summed E-state index contributed by atoms with van der Waals surface area (Å²) < 4.78 is 5.31. The molecule has 110 valence electrons. The van der Waals surface area contributed by atoms with Crippen LogP contribution in [0.4, 0.5) is 0 Å². The van der Waals surface area contributed by atoms with Crippen molar-refractivity contribution in [3.8, 4) is 0 Å². The van der Waals surface area contributed by atoms with Gasteiger partial charge in [0.2, 0.25) is 0 Å². The Hall–Kier alpha value is -1.39. The summed E-state index contributed by atoms with van der Waals surface area (Å²) in [5.74, 6) is -0.744. The Morgan fingerprint density at radius 1 is 1.25 bits per heavy atom. The summed E-state index contributed by atoms with van der Waals surface area (Å²) in [6, 6.07) is 3.79. The molecule has 1 atom stereocenters. The van der Waals surface area contributed by atoms with Gasteiger partial charge in [0, 0.05) is 13.1 Å². The Balaban J connectivity index is 2.22. The number of carboxylic acids is 1. The number of carbonyl (C=O) groups is 1. The van der Waals surface area contributed by atoms with Gasteiger partial charge in [-0.2, -0.15) is 0 Å². The van der Waals surface area contributed by atoms with Crippen molar-refractivity contribution in [3.63, 3.8) is 0 Å². The number of morpholine rings is 1. The topological polar surface area (TPSA) is 49.8 Å². The van der Waals surface area contributed by atoms with E-state index in [0.29, 0.717) is 32.7 Å². The third-order valence-corrected chi connectivity index (χ3v) is 4.01. The van der Waals surface area contributed by atoms with Crippen molar-refractivity contribution in [2.24, 2.45) is 0 Å². The van der Waals surface area contributed by atoms with E-state index < -0.39 is 12.0 Å². The van der Waals surface area contributed by atoms with Crippen molar-refractivity contribution in [2.45, 2.75) is 33.2 Å². The van der Waals surface area contributed by atoms with Crippen LogP contribution in [0.25, 0.3) is 0 Å². The molecule has 0 radical (unpaired) electrons. The Bertz CT molecular complexity index is 469. The molecule has 0 bridgehead atoms. The average molecular weight is 277 g/mol. The Morgan fingerprint density at radius 3 is 2.30 bits per heavy atom. The first-order valence-electron chi connectivity index (χ1n) is 7.10. The van der Waals surface area contributed by atoms with E-state index in [1.807, 2.05) is 4.90 Å². The zero-order chi connectivity index (χ0) is 14.7. The largest absolute Gasteiger partial charge is 0.480 e. The number of aryl methyl sites for hydroxylation is 3. The molecule has 1 aromatic rings. The summed E-state index contributed by atoms with van der Waals surface area (Å²) in [5.41, 5.74) is 4.75. The molecule has 0 aliphatic carbocycles. The number of ether oxygens (including phenoxy) is 1. The van der Waals surface area contributed by atoms with Gasteiger partial charge in [-0.05, 0) is 43.9 Å². The van der Waals surface area contributed by atoms with Gasteiger partial charge in [0.25, 0.3) is 0 Å². The van der Waals surface area contributed by atoms with E-state index in [2.05, 4.69) is 32.9 Å². The SMILES string of the molecule is Cc1cc(C)c(CC(C(=O)O)N2CCOCC2)c(C)c1. The van der Waals surface area contributed by atoms with Crippen molar-refractivity contribution < 1.29 is 14.6 Å². The summed E-state index contributed by atoms with van der Waals surface area (Å²) in [5, 5.41) is 9.54. The van der Waals surface area contributed by atoms with Crippen molar-refractivity contribution in [2.75, 3.05) is 26.3 Å². The molecule has 1 N–H and O–H groups in total. The minimum Gasteiger partial charge on any atom is -0.480 e. The van der Waals surface area contributed by atoms with Crippen LogP contribution in [-0.2, 0) is 16.0 Å². The van der Waals surface area contributed by atoms with E-state index in [1.54, 1.807) is 0 Å². The van der Waals surface area contributed by atoms with Crippen molar-refractivity contribution in [1.29, 1.82) is 0 Å². The van der Waals surface area contributed by atoms with Crippen molar-refractivity contribution in [3.05, 3.63) is 34.4 Å².